The molecule has 6 rings (SSSR count). The van der Waals surface area contributed by atoms with Gasteiger partial charge in [-0.3, -0.25) is 19.7 Å². The number of H-pyrrole nitrogens is 1. The van der Waals surface area contributed by atoms with Crippen molar-refractivity contribution < 1.29 is 28.4 Å². The van der Waals surface area contributed by atoms with Crippen LogP contribution in [0.1, 0.15) is 129 Å². The maximum Gasteiger partial charge on any atom is 0.373 e. The highest BCUT2D eigenvalue weighted by Crippen LogP contribution is 2.23. The largest absolute Gasteiger partial charge is 0.469 e. The van der Waals surface area contributed by atoms with Gasteiger partial charge in [-0.15, -0.1) is 0 Å². The number of Topliss-reactive ketones (excluding diaryl/α,β-unsaturated/α-hetero) is 1. The van der Waals surface area contributed by atoms with Gasteiger partial charge in [0, 0.05) is 75.8 Å². The minimum absolute atomic E-state index is 0.00183. The smallest absolute Gasteiger partial charge is 0.373 e. The third-order valence-corrected chi connectivity index (χ3v) is 8.35. The zero-order valence-corrected chi connectivity index (χ0v) is 42.7. The molecule has 1 aliphatic heterocycles. The van der Waals surface area contributed by atoms with E-state index >= 15 is 0 Å². The molecule has 0 bridgehead atoms. The highest BCUT2D eigenvalue weighted by atomic mass is 16.3. The highest BCUT2D eigenvalue weighted by Gasteiger charge is 2.29. The molecule has 4 heterocycles. The van der Waals surface area contributed by atoms with Crippen molar-refractivity contribution in [3.63, 3.8) is 0 Å². The van der Waals surface area contributed by atoms with Crippen molar-refractivity contribution in [2.45, 2.75) is 147 Å². The average molecular weight is 924 g/mol. The zero-order chi connectivity index (χ0) is 51.4. The number of carbonyl (C=O) groups is 3. The number of benzene rings is 2. The summed E-state index contributed by atoms with van der Waals surface area (Å²) >= 11 is 0. The van der Waals surface area contributed by atoms with Gasteiger partial charge in [-0.1, -0.05) is 98.7 Å². The van der Waals surface area contributed by atoms with Crippen LogP contribution in [0.5, 0.6) is 0 Å². The molecule has 4 N–H and O–H groups in total. The van der Waals surface area contributed by atoms with Crippen molar-refractivity contribution in [3.8, 4) is 0 Å². The number of carbonyl (C=O) groups excluding carboxylic acids is 5. The van der Waals surface area contributed by atoms with Crippen LogP contribution in [0.15, 0.2) is 131 Å². The highest BCUT2D eigenvalue weighted by molar-refractivity contribution is 6.14. The van der Waals surface area contributed by atoms with Gasteiger partial charge in [0.25, 0.3) is 5.91 Å². The maximum absolute atomic E-state index is 11.7. The molecule has 2 aromatic carbocycles. The molecule has 67 heavy (non-hydrogen) atoms. The summed E-state index contributed by atoms with van der Waals surface area (Å²) in [5, 5.41) is 8.72. The number of nitrogens with one attached hydrogen (secondary N) is 4. The Morgan fingerprint density at radius 1 is 0.746 bits per heavy atom. The number of aromatic amines is 1. The molecule has 0 radical (unpaired) electrons. The first kappa shape index (κ1) is 60.3. The lowest BCUT2D eigenvalue weighted by atomic mass is 9.84. The lowest BCUT2D eigenvalue weighted by Crippen LogP contribution is -2.36. The van der Waals surface area contributed by atoms with Crippen LogP contribution in [-0.4, -0.2) is 55.4 Å². The van der Waals surface area contributed by atoms with E-state index in [0.717, 1.165) is 17.9 Å². The second-order valence-corrected chi connectivity index (χ2v) is 20.3. The van der Waals surface area contributed by atoms with Crippen molar-refractivity contribution in [2.75, 3.05) is 10.6 Å². The van der Waals surface area contributed by atoms with E-state index in [9.17, 15) is 19.2 Å². The Labute approximate surface area is 398 Å². The van der Waals surface area contributed by atoms with Crippen LogP contribution in [0.25, 0.3) is 0 Å². The second-order valence-electron chi connectivity index (χ2n) is 20.3. The minimum atomic E-state index is -0.552. The van der Waals surface area contributed by atoms with Crippen LogP contribution in [0.3, 0.4) is 0 Å². The van der Waals surface area contributed by atoms with E-state index in [4.69, 9.17) is 14.0 Å². The summed E-state index contributed by atoms with van der Waals surface area (Å²) in [5.74, 6) is -0.0258. The third kappa shape index (κ3) is 30.2. The van der Waals surface area contributed by atoms with Gasteiger partial charge in [0.1, 0.15) is 5.76 Å². The predicted octanol–water partition coefficient (Wildman–Crippen LogP) is 10.6. The number of nitrogens with zero attached hydrogens (tertiary/aromatic N) is 3. The lowest BCUT2D eigenvalue weighted by Gasteiger charge is -2.20. The number of amides is 2. The molecule has 0 atom stereocenters. The summed E-state index contributed by atoms with van der Waals surface area (Å²) in [5.41, 5.74) is 3.34. The molecule has 14 nitrogen and oxygen atoms in total. The molecule has 2 amide bonds. The fourth-order valence-electron chi connectivity index (χ4n) is 5.40. The summed E-state index contributed by atoms with van der Waals surface area (Å²) in [6.45, 7) is 33.0. The minimum Gasteiger partial charge on any atom is -0.469 e. The van der Waals surface area contributed by atoms with Crippen LogP contribution in [0.2, 0.25) is 0 Å². The van der Waals surface area contributed by atoms with Crippen molar-refractivity contribution in [1.29, 1.82) is 0 Å². The Balaban J connectivity index is 0.000000775. The van der Waals surface area contributed by atoms with Gasteiger partial charge in [-0.25, -0.2) is 14.8 Å². The van der Waals surface area contributed by atoms with Crippen molar-refractivity contribution in [2.24, 2.45) is 10.8 Å². The third-order valence-electron chi connectivity index (χ3n) is 8.35. The van der Waals surface area contributed by atoms with Crippen LogP contribution in [0.4, 0.5) is 11.4 Å². The number of hydrogen-bond acceptors (Lipinski definition) is 11. The van der Waals surface area contributed by atoms with Gasteiger partial charge < -0.3 is 24.6 Å². The molecule has 14 heteroatoms. The number of imidazole rings is 1. The molecule has 0 saturated heterocycles. The van der Waals surface area contributed by atoms with Crippen LogP contribution >= 0.6 is 0 Å². The molecule has 0 saturated carbocycles. The Hall–Kier alpha value is -6.66. The summed E-state index contributed by atoms with van der Waals surface area (Å²) in [6, 6.07) is 27.2. The molecular weight excluding hydrogens is 847 g/mol. The average Bonchev–Trinajstić information content (AvgIpc) is 3.95. The second kappa shape index (κ2) is 29.8. The number of hydrogen-bond donors (Lipinski definition) is 4. The van der Waals surface area contributed by atoms with Crippen molar-refractivity contribution in [3.05, 3.63) is 144 Å². The molecule has 1 aliphatic rings. The normalized spacial score (nSPS) is 12.0. The maximum atomic E-state index is 11.7. The van der Waals surface area contributed by atoms with E-state index in [1.54, 1.807) is 39.4 Å². The van der Waals surface area contributed by atoms with Gasteiger partial charge in [0.15, 0.2) is 5.78 Å². The van der Waals surface area contributed by atoms with Gasteiger partial charge in [0.05, 0.1) is 19.0 Å². The monoisotopic (exact) mass is 924 g/mol. The topological polar surface area (TPSA) is 198 Å². The van der Waals surface area contributed by atoms with E-state index in [0.29, 0.717) is 17.7 Å². The van der Waals surface area contributed by atoms with E-state index < -0.39 is 17.2 Å². The number of anilines is 2. The van der Waals surface area contributed by atoms with E-state index in [1.807, 2.05) is 67.1 Å². The fraction of sp³-hybridized carbons (Fsp3) is 0.453. The SMILES string of the molecule is CC(C)(C)C(=O)C1=CC(=O)NC(=O)C1.CC(C)(C)Cc1ccnc(=O)[nH]1.CC(C)(C)c1ccco1.CC(C)(C)n1ccnc1.CC(C)Nc1ccccc1.CC(C)Nc1ccccc1.O=C=O. The number of ketones is 1. The number of imide groups is 1. The van der Waals surface area contributed by atoms with Gasteiger partial charge >= 0.3 is 11.8 Å². The number of para-hydroxylation sites is 2. The molecule has 0 aliphatic carbocycles. The van der Waals surface area contributed by atoms with Crippen LogP contribution in [0, 0.1) is 10.8 Å². The van der Waals surface area contributed by atoms with Gasteiger partial charge in [0.2, 0.25) is 5.91 Å². The molecule has 0 spiro atoms. The van der Waals surface area contributed by atoms with E-state index in [2.05, 4.69) is 150 Å². The number of furan rings is 1. The van der Waals surface area contributed by atoms with Crippen molar-refractivity contribution >= 4 is 35.1 Å². The standard InChI is InChI=1S/C10H13NO3.C9H14N2O.2C9H13N.C8H12O.C7H12N2.CO2/c1-10(2,3)9(14)6-4-7(12)11-8(13)5-6;1-9(2,3)6-7-4-5-10-8(12)11-7;2*1-8(2)10-9-6-4-3-5-7-9;1-8(2,3)7-5-4-6-9-7;1-7(2,3)9-5-4-8-6-9;2-1-3/h4H,5H2,1-3H3,(H,11,12,13);4-5H,6H2,1-3H3,(H,10,11,12);2*3-8,10H,1-2H3;2*4-6H,1-3H3;. The first-order valence-corrected chi connectivity index (χ1v) is 22.3. The number of rotatable bonds is 6. The van der Waals surface area contributed by atoms with Crippen molar-refractivity contribution in [1.82, 2.24) is 24.8 Å². The van der Waals surface area contributed by atoms with E-state index in [1.165, 1.54) is 17.5 Å². The van der Waals surface area contributed by atoms with E-state index in [-0.39, 0.29) is 40.4 Å². The first-order chi connectivity index (χ1) is 31.0. The zero-order valence-electron chi connectivity index (χ0n) is 42.7. The molecule has 0 unspecified atom stereocenters. The summed E-state index contributed by atoms with van der Waals surface area (Å²) in [7, 11) is 0. The summed E-state index contributed by atoms with van der Waals surface area (Å²) < 4.78 is 7.27. The quantitative estimate of drug-likeness (QED) is 0.118. The predicted molar refractivity (Wildman–Crippen MR) is 268 cm³/mol. The lowest BCUT2D eigenvalue weighted by molar-refractivity contribution is -0.191. The molecule has 3 aromatic heterocycles. The molecular formula is C53H77N7O7. The Morgan fingerprint density at radius 3 is 1.57 bits per heavy atom. The Morgan fingerprint density at radius 2 is 1.25 bits per heavy atom. The van der Waals surface area contributed by atoms with Crippen LogP contribution in [-0.2, 0) is 41.3 Å². The first-order valence-electron chi connectivity index (χ1n) is 22.3. The Bertz CT molecular complexity index is 2160. The Kier molecular flexibility index (Phi) is 26.8. The fourth-order valence-corrected chi connectivity index (χ4v) is 5.40. The summed E-state index contributed by atoms with van der Waals surface area (Å²) in [4.78, 5) is 70.9. The van der Waals surface area contributed by atoms with Gasteiger partial charge in [-0.2, -0.15) is 9.59 Å². The molecule has 5 aromatic rings. The number of aromatic nitrogens is 4. The summed E-state index contributed by atoms with van der Waals surface area (Å²) in [6.07, 6.45) is 11.2. The van der Waals surface area contributed by atoms with Gasteiger partial charge in [-0.05, 0) is 103 Å². The molecule has 366 valence electrons. The van der Waals surface area contributed by atoms with Crippen LogP contribution < -0.4 is 21.6 Å². The molecule has 0 fully saturated rings.